The van der Waals surface area contributed by atoms with Crippen LogP contribution in [0.25, 0.3) is 0 Å². The molecule has 3 nitrogen and oxygen atoms in total. The lowest BCUT2D eigenvalue weighted by Crippen LogP contribution is -2.41. The van der Waals surface area contributed by atoms with Crippen LogP contribution in [0.2, 0.25) is 0 Å². The van der Waals surface area contributed by atoms with E-state index in [2.05, 4.69) is 0 Å². The first-order valence-corrected chi connectivity index (χ1v) is 8.68. The molecule has 1 fully saturated rings. The van der Waals surface area contributed by atoms with Crippen LogP contribution < -0.4 is 0 Å². The zero-order valence-corrected chi connectivity index (χ0v) is 12.6. The number of alkyl halides is 3. The summed E-state index contributed by atoms with van der Waals surface area (Å²) >= 11 is 1.28. The maximum Gasteiger partial charge on any atom is 0.391 e. The maximum atomic E-state index is 12.6. The SMILES string of the molecule is CN(C1CCC(C(F)(F)F)CC1)S(=O)(=O)c1ccsc1. The Morgan fingerprint density at radius 2 is 1.85 bits per heavy atom. The van der Waals surface area contributed by atoms with Gasteiger partial charge in [-0.25, -0.2) is 8.42 Å². The van der Waals surface area contributed by atoms with E-state index in [4.69, 9.17) is 0 Å². The minimum Gasteiger partial charge on any atom is -0.207 e. The fourth-order valence-electron chi connectivity index (χ4n) is 2.53. The lowest BCUT2D eigenvalue weighted by molar-refractivity contribution is -0.183. The van der Waals surface area contributed by atoms with Crippen LogP contribution >= 0.6 is 11.3 Å². The minimum atomic E-state index is -4.17. The maximum absolute atomic E-state index is 12.6. The summed E-state index contributed by atoms with van der Waals surface area (Å²) in [7, 11) is -2.14. The van der Waals surface area contributed by atoms with E-state index in [0.29, 0.717) is 0 Å². The Kier molecular flexibility index (Phi) is 4.46. The van der Waals surface area contributed by atoms with Gasteiger partial charge in [-0.15, -0.1) is 0 Å². The van der Waals surface area contributed by atoms with Gasteiger partial charge in [-0.05, 0) is 37.1 Å². The summed E-state index contributed by atoms with van der Waals surface area (Å²) < 4.78 is 63.6. The van der Waals surface area contributed by atoms with Gasteiger partial charge < -0.3 is 0 Å². The Hall–Kier alpha value is -0.600. The van der Waals surface area contributed by atoms with Crippen LogP contribution in [0.1, 0.15) is 25.7 Å². The van der Waals surface area contributed by atoms with E-state index in [1.54, 1.807) is 5.38 Å². The van der Waals surface area contributed by atoms with E-state index in [0.717, 1.165) is 0 Å². The van der Waals surface area contributed by atoms with Crippen molar-refractivity contribution in [2.75, 3.05) is 7.05 Å². The van der Waals surface area contributed by atoms with Crippen LogP contribution in [0, 0.1) is 5.92 Å². The highest BCUT2D eigenvalue weighted by atomic mass is 32.2. The molecule has 2 rings (SSSR count). The Morgan fingerprint density at radius 3 is 2.30 bits per heavy atom. The van der Waals surface area contributed by atoms with E-state index >= 15 is 0 Å². The monoisotopic (exact) mass is 327 g/mol. The van der Waals surface area contributed by atoms with Crippen molar-refractivity contribution in [1.82, 2.24) is 4.31 Å². The number of nitrogens with zero attached hydrogens (tertiary/aromatic N) is 1. The van der Waals surface area contributed by atoms with Crippen LogP contribution in [0.15, 0.2) is 21.7 Å². The van der Waals surface area contributed by atoms with Crippen LogP contribution in [0.3, 0.4) is 0 Å². The highest BCUT2D eigenvalue weighted by molar-refractivity contribution is 7.89. The van der Waals surface area contributed by atoms with Gasteiger partial charge in [0, 0.05) is 18.5 Å². The van der Waals surface area contributed by atoms with E-state index in [-0.39, 0.29) is 36.6 Å². The largest absolute Gasteiger partial charge is 0.391 e. The predicted octanol–water partition coefficient (Wildman–Crippen LogP) is 3.49. The fraction of sp³-hybridized carbons (Fsp3) is 0.667. The van der Waals surface area contributed by atoms with Crippen molar-refractivity contribution < 1.29 is 21.6 Å². The summed E-state index contributed by atoms with van der Waals surface area (Å²) in [5, 5.41) is 3.20. The van der Waals surface area contributed by atoms with Gasteiger partial charge in [0.2, 0.25) is 10.0 Å². The molecule has 0 saturated heterocycles. The Morgan fingerprint density at radius 1 is 1.25 bits per heavy atom. The Balaban J connectivity index is 2.04. The molecule has 1 aliphatic rings. The molecule has 8 heteroatoms. The number of hydrogen-bond donors (Lipinski definition) is 0. The molecular weight excluding hydrogens is 311 g/mol. The molecular formula is C12H16F3NO2S2. The molecule has 0 aromatic carbocycles. The molecule has 1 aromatic heterocycles. The van der Waals surface area contributed by atoms with E-state index in [1.165, 1.54) is 34.1 Å². The summed E-state index contributed by atoms with van der Waals surface area (Å²) in [4.78, 5) is 0.211. The third-order valence-corrected chi connectivity index (χ3v) is 6.58. The normalized spacial score (nSPS) is 25.1. The number of thiophene rings is 1. The third-order valence-electron chi connectivity index (χ3n) is 3.85. The standard InChI is InChI=1S/C12H16F3NO2S2/c1-16(20(17,18)11-6-7-19-8-11)10-4-2-9(3-5-10)12(13,14)15/h6-10H,2-5H2,1H3. The molecule has 0 amide bonds. The molecule has 1 aromatic rings. The fourth-order valence-corrected chi connectivity index (χ4v) is 4.96. The second-order valence-corrected chi connectivity index (χ2v) is 7.80. The molecule has 0 radical (unpaired) electrons. The predicted molar refractivity (Wildman–Crippen MR) is 71.1 cm³/mol. The highest BCUT2D eigenvalue weighted by Gasteiger charge is 2.43. The molecule has 114 valence electrons. The van der Waals surface area contributed by atoms with Crippen LogP contribution in [-0.4, -0.2) is 32.0 Å². The number of hydrogen-bond acceptors (Lipinski definition) is 3. The molecule has 1 aliphatic carbocycles. The van der Waals surface area contributed by atoms with Gasteiger partial charge in [-0.3, -0.25) is 0 Å². The van der Waals surface area contributed by atoms with Gasteiger partial charge in [0.25, 0.3) is 0 Å². The molecule has 0 spiro atoms. The summed E-state index contributed by atoms with van der Waals surface area (Å²) in [6.07, 6.45) is -3.67. The average Bonchev–Trinajstić information content (AvgIpc) is 2.91. The van der Waals surface area contributed by atoms with Crippen LogP contribution in [-0.2, 0) is 10.0 Å². The number of halogens is 3. The Labute approximate surface area is 120 Å². The molecule has 0 atom stereocenters. The summed E-state index contributed by atoms with van der Waals surface area (Å²) in [6, 6.07) is 1.16. The lowest BCUT2D eigenvalue weighted by atomic mass is 9.86. The van der Waals surface area contributed by atoms with Gasteiger partial charge in [0.1, 0.15) is 0 Å². The number of rotatable bonds is 3. The van der Waals surface area contributed by atoms with Crippen molar-refractivity contribution in [3.05, 3.63) is 16.8 Å². The molecule has 0 N–H and O–H groups in total. The van der Waals surface area contributed by atoms with E-state index < -0.39 is 22.1 Å². The zero-order valence-electron chi connectivity index (χ0n) is 10.9. The molecule has 0 aliphatic heterocycles. The van der Waals surface area contributed by atoms with Crippen molar-refractivity contribution in [2.45, 2.75) is 42.8 Å². The van der Waals surface area contributed by atoms with Gasteiger partial charge in [0.05, 0.1) is 10.8 Å². The summed E-state index contributed by atoms with van der Waals surface area (Å²) in [6.45, 7) is 0. The summed E-state index contributed by atoms with van der Waals surface area (Å²) in [5.74, 6) is -1.30. The molecule has 1 heterocycles. The third kappa shape index (κ3) is 3.17. The second kappa shape index (κ2) is 5.65. The minimum absolute atomic E-state index is 0.00232. The average molecular weight is 327 g/mol. The van der Waals surface area contributed by atoms with Gasteiger partial charge >= 0.3 is 6.18 Å². The zero-order chi connectivity index (χ0) is 15.0. The lowest BCUT2D eigenvalue weighted by Gasteiger charge is -2.34. The van der Waals surface area contributed by atoms with Crippen molar-refractivity contribution in [3.63, 3.8) is 0 Å². The topological polar surface area (TPSA) is 37.4 Å². The first kappa shape index (κ1) is 15.8. The smallest absolute Gasteiger partial charge is 0.207 e. The molecule has 1 saturated carbocycles. The molecule has 0 unspecified atom stereocenters. The first-order chi connectivity index (χ1) is 9.23. The van der Waals surface area contributed by atoms with Gasteiger partial charge in [0.15, 0.2) is 0 Å². The second-order valence-electron chi connectivity index (χ2n) is 5.03. The van der Waals surface area contributed by atoms with Crippen molar-refractivity contribution in [1.29, 1.82) is 0 Å². The first-order valence-electron chi connectivity index (χ1n) is 6.30. The van der Waals surface area contributed by atoms with Gasteiger partial charge in [-0.1, -0.05) is 0 Å². The van der Waals surface area contributed by atoms with E-state index in [1.807, 2.05) is 0 Å². The summed E-state index contributed by atoms with van der Waals surface area (Å²) in [5.41, 5.74) is 0. The molecule has 0 bridgehead atoms. The number of sulfonamides is 1. The quantitative estimate of drug-likeness (QED) is 0.852. The Bertz CT molecular complexity index is 532. The van der Waals surface area contributed by atoms with Crippen molar-refractivity contribution in [3.8, 4) is 0 Å². The van der Waals surface area contributed by atoms with Crippen LogP contribution in [0.4, 0.5) is 13.2 Å². The highest BCUT2D eigenvalue weighted by Crippen LogP contribution is 2.39. The van der Waals surface area contributed by atoms with Crippen molar-refractivity contribution >= 4 is 21.4 Å². The van der Waals surface area contributed by atoms with Crippen molar-refractivity contribution in [2.24, 2.45) is 5.92 Å². The molecule has 20 heavy (non-hydrogen) atoms. The van der Waals surface area contributed by atoms with Gasteiger partial charge in [-0.2, -0.15) is 28.8 Å². The van der Waals surface area contributed by atoms with E-state index in [9.17, 15) is 21.6 Å². The van der Waals surface area contributed by atoms with Crippen LogP contribution in [0.5, 0.6) is 0 Å².